The number of carbonyl (C=O) groups is 1. The molecule has 0 aliphatic rings. The number of furan rings is 1. The molecule has 2 aromatic rings. The highest BCUT2D eigenvalue weighted by Gasteiger charge is 2.14. The highest BCUT2D eigenvalue weighted by Crippen LogP contribution is 2.13. The average molecular weight is 302 g/mol. The van der Waals surface area contributed by atoms with Gasteiger partial charge >= 0.3 is 0 Å². The number of ether oxygens (including phenoxy) is 1. The summed E-state index contributed by atoms with van der Waals surface area (Å²) in [7, 11) is 3.45. The highest BCUT2D eigenvalue weighted by atomic mass is 16.5. The summed E-state index contributed by atoms with van der Waals surface area (Å²) in [6.45, 7) is 0.989. The van der Waals surface area contributed by atoms with Crippen molar-refractivity contribution in [1.82, 2.24) is 4.90 Å². The highest BCUT2D eigenvalue weighted by molar-refractivity contribution is 5.93. The van der Waals surface area contributed by atoms with E-state index in [1.807, 2.05) is 24.3 Å². The quantitative estimate of drug-likeness (QED) is 0.853. The summed E-state index contributed by atoms with van der Waals surface area (Å²) in [4.78, 5) is 13.9. The number of methoxy groups -OCH3 is 1. The first-order chi connectivity index (χ1) is 10.6. The third-order valence-corrected chi connectivity index (χ3v) is 3.57. The summed E-state index contributed by atoms with van der Waals surface area (Å²) < 4.78 is 10.3. The molecule has 5 nitrogen and oxygen atoms in total. The van der Waals surface area contributed by atoms with Crippen LogP contribution >= 0.6 is 0 Å². The van der Waals surface area contributed by atoms with Crippen LogP contribution in [0.3, 0.4) is 0 Å². The molecule has 0 radical (unpaired) electrons. The molecule has 0 fully saturated rings. The van der Waals surface area contributed by atoms with Gasteiger partial charge in [0.15, 0.2) is 0 Å². The molecular formula is C17H22N2O3. The standard InChI is InChI=1S/C17H22N2O3/c1-19(17(20)14-10-16(11-18)22-12-14)9-3-4-13-5-7-15(21-2)8-6-13/h5-8,10,12H,3-4,9,11,18H2,1-2H3. The normalized spacial score (nSPS) is 10.5. The fourth-order valence-electron chi connectivity index (χ4n) is 2.23. The summed E-state index contributed by atoms with van der Waals surface area (Å²) in [5.41, 5.74) is 7.26. The maximum Gasteiger partial charge on any atom is 0.256 e. The fourth-order valence-corrected chi connectivity index (χ4v) is 2.23. The molecule has 0 saturated carbocycles. The topological polar surface area (TPSA) is 68.7 Å². The van der Waals surface area contributed by atoms with Crippen LogP contribution < -0.4 is 10.5 Å². The molecule has 2 rings (SSSR count). The SMILES string of the molecule is COc1ccc(CCCN(C)C(=O)c2coc(CN)c2)cc1. The number of nitrogens with zero attached hydrogens (tertiary/aromatic N) is 1. The predicted octanol–water partition coefficient (Wildman–Crippen LogP) is 2.45. The van der Waals surface area contributed by atoms with Crippen LogP contribution in [0.15, 0.2) is 41.0 Å². The Morgan fingerprint density at radius 3 is 2.64 bits per heavy atom. The van der Waals surface area contributed by atoms with Crippen LogP contribution in [-0.4, -0.2) is 31.5 Å². The molecule has 1 amide bonds. The van der Waals surface area contributed by atoms with E-state index in [-0.39, 0.29) is 5.91 Å². The lowest BCUT2D eigenvalue weighted by Crippen LogP contribution is -2.27. The molecular weight excluding hydrogens is 280 g/mol. The summed E-state index contributed by atoms with van der Waals surface area (Å²) >= 11 is 0. The third-order valence-electron chi connectivity index (χ3n) is 3.57. The van der Waals surface area contributed by atoms with Crippen molar-refractivity contribution in [1.29, 1.82) is 0 Å². The Morgan fingerprint density at radius 1 is 1.32 bits per heavy atom. The molecule has 1 heterocycles. The largest absolute Gasteiger partial charge is 0.497 e. The van der Waals surface area contributed by atoms with E-state index < -0.39 is 0 Å². The Bertz CT molecular complexity index is 605. The van der Waals surface area contributed by atoms with Gasteiger partial charge in [-0.05, 0) is 36.6 Å². The molecule has 0 unspecified atom stereocenters. The third kappa shape index (κ3) is 4.11. The zero-order valence-corrected chi connectivity index (χ0v) is 13.0. The van der Waals surface area contributed by atoms with Crippen molar-refractivity contribution < 1.29 is 13.9 Å². The van der Waals surface area contributed by atoms with E-state index in [4.69, 9.17) is 14.9 Å². The van der Waals surface area contributed by atoms with Crippen molar-refractivity contribution in [2.24, 2.45) is 5.73 Å². The van der Waals surface area contributed by atoms with E-state index in [9.17, 15) is 4.79 Å². The molecule has 1 aromatic heterocycles. The van der Waals surface area contributed by atoms with Crippen LogP contribution in [0.1, 0.15) is 28.1 Å². The summed E-state index contributed by atoms with van der Waals surface area (Å²) in [5, 5.41) is 0. The maximum absolute atomic E-state index is 12.2. The number of hydrogen-bond acceptors (Lipinski definition) is 4. The number of amides is 1. The van der Waals surface area contributed by atoms with Gasteiger partial charge in [-0.25, -0.2) is 0 Å². The summed E-state index contributed by atoms with van der Waals surface area (Å²) in [5.74, 6) is 1.43. The second kappa shape index (κ2) is 7.66. The Labute approximate surface area is 130 Å². The van der Waals surface area contributed by atoms with Crippen molar-refractivity contribution in [3.05, 3.63) is 53.5 Å². The lowest BCUT2D eigenvalue weighted by atomic mass is 10.1. The van der Waals surface area contributed by atoms with Crippen LogP contribution in [0.25, 0.3) is 0 Å². The second-order valence-corrected chi connectivity index (χ2v) is 5.18. The molecule has 0 spiro atoms. The molecule has 1 aromatic carbocycles. The van der Waals surface area contributed by atoms with Crippen molar-refractivity contribution >= 4 is 5.91 Å². The zero-order valence-electron chi connectivity index (χ0n) is 13.0. The molecule has 0 saturated heterocycles. The summed E-state index contributed by atoms with van der Waals surface area (Å²) in [6, 6.07) is 9.69. The van der Waals surface area contributed by atoms with Crippen molar-refractivity contribution in [3.63, 3.8) is 0 Å². The van der Waals surface area contributed by atoms with Gasteiger partial charge in [-0.3, -0.25) is 4.79 Å². The molecule has 5 heteroatoms. The van der Waals surface area contributed by atoms with Crippen molar-refractivity contribution in [2.45, 2.75) is 19.4 Å². The van der Waals surface area contributed by atoms with Gasteiger partial charge in [0.25, 0.3) is 5.91 Å². The van der Waals surface area contributed by atoms with Gasteiger partial charge in [-0.2, -0.15) is 0 Å². The minimum atomic E-state index is -0.0434. The van der Waals surface area contributed by atoms with E-state index in [1.54, 1.807) is 25.1 Å². The lowest BCUT2D eigenvalue weighted by molar-refractivity contribution is 0.0793. The van der Waals surface area contributed by atoms with Gasteiger partial charge in [0.1, 0.15) is 17.8 Å². The van der Waals surface area contributed by atoms with E-state index in [2.05, 4.69) is 0 Å². The zero-order chi connectivity index (χ0) is 15.9. The van der Waals surface area contributed by atoms with Crippen molar-refractivity contribution in [2.75, 3.05) is 20.7 Å². The van der Waals surface area contributed by atoms with Crippen LogP contribution in [-0.2, 0) is 13.0 Å². The van der Waals surface area contributed by atoms with Gasteiger partial charge in [0.2, 0.25) is 0 Å². The molecule has 0 aliphatic heterocycles. The van der Waals surface area contributed by atoms with Gasteiger partial charge < -0.3 is 19.8 Å². The van der Waals surface area contributed by atoms with Crippen LogP contribution in [0.5, 0.6) is 5.75 Å². The first kappa shape index (κ1) is 16.1. The smallest absolute Gasteiger partial charge is 0.256 e. The molecule has 0 aliphatic carbocycles. The molecule has 0 bridgehead atoms. The Morgan fingerprint density at radius 2 is 2.05 bits per heavy atom. The minimum absolute atomic E-state index is 0.0434. The lowest BCUT2D eigenvalue weighted by Gasteiger charge is -2.16. The Balaban J connectivity index is 1.81. The number of hydrogen-bond donors (Lipinski definition) is 1. The molecule has 2 N–H and O–H groups in total. The van der Waals surface area contributed by atoms with Crippen LogP contribution in [0.2, 0.25) is 0 Å². The number of benzene rings is 1. The molecule has 118 valence electrons. The van der Waals surface area contributed by atoms with E-state index in [0.29, 0.717) is 24.4 Å². The first-order valence-electron chi connectivity index (χ1n) is 7.30. The molecule has 0 atom stereocenters. The molecule has 22 heavy (non-hydrogen) atoms. The predicted molar refractivity (Wildman–Crippen MR) is 84.9 cm³/mol. The Hall–Kier alpha value is -2.27. The number of rotatable bonds is 7. The van der Waals surface area contributed by atoms with Gasteiger partial charge in [-0.1, -0.05) is 12.1 Å². The maximum atomic E-state index is 12.2. The number of aryl methyl sites for hydroxylation is 1. The first-order valence-corrected chi connectivity index (χ1v) is 7.30. The van der Waals surface area contributed by atoms with Crippen LogP contribution in [0.4, 0.5) is 0 Å². The number of carbonyl (C=O) groups excluding carboxylic acids is 1. The van der Waals surface area contributed by atoms with Gasteiger partial charge in [0, 0.05) is 13.6 Å². The minimum Gasteiger partial charge on any atom is -0.497 e. The van der Waals surface area contributed by atoms with Gasteiger partial charge in [-0.15, -0.1) is 0 Å². The Kier molecular flexibility index (Phi) is 5.61. The van der Waals surface area contributed by atoms with Crippen LogP contribution in [0, 0.1) is 0 Å². The fraction of sp³-hybridized carbons (Fsp3) is 0.353. The average Bonchev–Trinajstić information content (AvgIpc) is 3.03. The van der Waals surface area contributed by atoms with E-state index in [0.717, 1.165) is 18.6 Å². The number of nitrogens with two attached hydrogens (primary N) is 1. The van der Waals surface area contributed by atoms with E-state index in [1.165, 1.54) is 11.8 Å². The monoisotopic (exact) mass is 302 g/mol. The van der Waals surface area contributed by atoms with Crippen molar-refractivity contribution in [3.8, 4) is 5.75 Å². The second-order valence-electron chi connectivity index (χ2n) is 5.18. The van der Waals surface area contributed by atoms with E-state index >= 15 is 0 Å². The summed E-state index contributed by atoms with van der Waals surface area (Å²) in [6.07, 6.45) is 3.28. The van der Waals surface area contributed by atoms with Gasteiger partial charge in [0.05, 0.1) is 19.2 Å².